The fourth-order valence-corrected chi connectivity index (χ4v) is 2.22. The lowest BCUT2D eigenvalue weighted by atomic mass is 10.1. The van der Waals surface area contributed by atoms with Crippen LogP contribution in [0.1, 0.15) is 5.82 Å². The average molecular weight is 325 g/mol. The lowest BCUT2D eigenvalue weighted by molar-refractivity contribution is 0.807. The van der Waals surface area contributed by atoms with Crippen molar-refractivity contribution in [2.75, 3.05) is 5.73 Å². The second kappa shape index (κ2) is 5.05. The summed E-state index contributed by atoms with van der Waals surface area (Å²) in [5.41, 5.74) is 7.69. The molecule has 92 valence electrons. The van der Waals surface area contributed by atoms with Crippen molar-refractivity contribution < 1.29 is 0 Å². The fraction of sp³-hybridized carbons (Fsp3) is 0.154. The van der Waals surface area contributed by atoms with Crippen LogP contribution in [0.25, 0.3) is 11.3 Å². The van der Waals surface area contributed by atoms with E-state index < -0.39 is 0 Å². The zero-order valence-corrected chi connectivity index (χ0v) is 12.1. The van der Waals surface area contributed by atoms with Crippen molar-refractivity contribution >= 4 is 33.3 Å². The minimum Gasteiger partial charge on any atom is -0.383 e. The lowest BCUT2D eigenvalue weighted by Crippen LogP contribution is -2.03. The average Bonchev–Trinajstić information content (AvgIpc) is 2.61. The number of benzene rings is 1. The molecule has 3 nitrogen and oxygen atoms in total. The molecule has 0 radical (unpaired) electrons. The first kappa shape index (κ1) is 13.0. The topological polar surface area (TPSA) is 43.8 Å². The lowest BCUT2D eigenvalue weighted by Gasteiger charge is -2.04. The van der Waals surface area contributed by atoms with E-state index in [0.29, 0.717) is 17.4 Å². The van der Waals surface area contributed by atoms with Crippen molar-refractivity contribution in [1.29, 1.82) is 0 Å². The second-order valence-electron chi connectivity index (χ2n) is 3.81. The summed E-state index contributed by atoms with van der Waals surface area (Å²) in [6.07, 6.45) is 5.31. The van der Waals surface area contributed by atoms with Gasteiger partial charge in [0.2, 0.25) is 0 Å². The van der Waals surface area contributed by atoms with Crippen molar-refractivity contribution in [2.45, 2.75) is 13.5 Å². The molecule has 0 atom stereocenters. The molecule has 0 bridgehead atoms. The normalized spacial score (nSPS) is 10.3. The third kappa shape index (κ3) is 2.24. The highest BCUT2D eigenvalue weighted by Gasteiger charge is 2.13. The Labute approximate surface area is 119 Å². The molecule has 0 fully saturated rings. The van der Waals surface area contributed by atoms with E-state index in [1.807, 2.05) is 19.1 Å². The number of rotatable bonds is 2. The predicted molar refractivity (Wildman–Crippen MR) is 78.4 cm³/mol. The molecular formula is C13H11BrClN3. The summed E-state index contributed by atoms with van der Waals surface area (Å²) >= 11 is 9.35. The monoisotopic (exact) mass is 323 g/mol. The van der Waals surface area contributed by atoms with Gasteiger partial charge in [0, 0.05) is 10.0 Å². The number of nitrogens with two attached hydrogens (primary N) is 1. The highest BCUT2D eigenvalue weighted by Crippen LogP contribution is 2.31. The molecule has 2 N–H and O–H groups in total. The summed E-state index contributed by atoms with van der Waals surface area (Å²) in [7, 11) is 0. The van der Waals surface area contributed by atoms with E-state index in [9.17, 15) is 0 Å². The van der Waals surface area contributed by atoms with Crippen molar-refractivity contribution in [3.63, 3.8) is 0 Å². The Bertz CT molecular complexity index is 640. The molecule has 0 spiro atoms. The Kier molecular flexibility index (Phi) is 3.65. The summed E-state index contributed by atoms with van der Waals surface area (Å²) in [5.74, 6) is 3.93. The molecule has 0 aliphatic heterocycles. The molecule has 1 aromatic carbocycles. The van der Waals surface area contributed by atoms with Gasteiger partial charge in [-0.3, -0.25) is 0 Å². The van der Waals surface area contributed by atoms with E-state index in [-0.39, 0.29) is 0 Å². The molecule has 0 unspecified atom stereocenters. The van der Waals surface area contributed by atoms with Crippen molar-refractivity contribution in [3.05, 3.63) is 33.5 Å². The number of hydrogen-bond acceptors (Lipinski definition) is 2. The van der Waals surface area contributed by atoms with E-state index in [1.165, 1.54) is 0 Å². The van der Waals surface area contributed by atoms with Crippen LogP contribution in [0.2, 0.25) is 5.02 Å². The molecule has 0 aliphatic rings. The van der Waals surface area contributed by atoms with Gasteiger partial charge in [0.15, 0.2) is 0 Å². The number of aryl methyl sites for hydroxylation is 1. The van der Waals surface area contributed by atoms with Crippen LogP contribution < -0.4 is 5.73 Å². The zero-order chi connectivity index (χ0) is 13.3. The van der Waals surface area contributed by atoms with Crippen LogP contribution in [0.4, 0.5) is 5.82 Å². The van der Waals surface area contributed by atoms with Gasteiger partial charge in [-0.15, -0.1) is 6.42 Å². The van der Waals surface area contributed by atoms with Crippen LogP contribution in [-0.4, -0.2) is 9.55 Å². The number of nitrogens with zero attached hydrogens (tertiary/aromatic N) is 2. The minimum atomic E-state index is 0.416. The van der Waals surface area contributed by atoms with Gasteiger partial charge >= 0.3 is 0 Å². The Morgan fingerprint density at radius 2 is 2.28 bits per heavy atom. The SMILES string of the molecule is C#CCn1c(C)nc(-c2ccc(Cl)c(Br)c2)c1N. The maximum absolute atomic E-state index is 6.07. The fourth-order valence-electron chi connectivity index (χ4n) is 1.73. The molecule has 0 aliphatic carbocycles. The number of imidazole rings is 1. The molecule has 0 saturated carbocycles. The van der Waals surface area contributed by atoms with Crippen molar-refractivity contribution in [1.82, 2.24) is 9.55 Å². The molecule has 0 amide bonds. The third-order valence-electron chi connectivity index (χ3n) is 2.64. The number of terminal acetylenes is 1. The first-order chi connectivity index (χ1) is 8.54. The van der Waals surface area contributed by atoms with E-state index in [1.54, 1.807) is 10.6 Å². The van der Waals surface area contributed by atoms with Crippen LogP contribution in [0.15, 0.2) is 22.7 Å². The van der Waals surface area contributed by atoms with Gasteiger partial charge in [0.25, 0.3) is 0 Å². The van der Waals surface area contributed by atoms with Gasteiger partial charge in [-0.2, -0.15) is 0 Å². The molecule has 2 rings (SSSR count). The van der Waals surface area contributed by atoms with Crippen LogP contribution in [0.5, 0.6) is 0 Å². The van der Waals surface area contributed by atoms with Gasteiger partial charge in [-0.25, -0.2) is 4.98 Å². The van der Waals surface area contributed by atoms with Crippen molar-refractivity contribution in [2.24, 2.45) is 0 Å². The van der Waals surface area contributed by atoms with E-state index in [0.717, 1.165) is 21.6 Å². The molecule has 5 heteroatoms. The molecule has 1 heterocycles. The first-order valence-corrected chi connectivity index (χ1v) is 6.43. The van der Waals surface area contributed by atoms with Crippen molar-refractivity contribution in [3.8, 4) is 23.6 Å². The van der Waals surface area contributed by atoms with E-state index >= 15 is 0 Å². The van der Waals surface area contributed by atoms with Gasteiger partial charge in [-0.05, 0) is 35.0 Å². The highest BCUT2D eigenvalue weighted by atomic mass is 79.9. The summed E-state index contributed by atoms with van der Waals surface area (Å²) in [6, 6.07) is 5.57. The highest BCUT2D eigenvalue weighted by molar-refractivity contribution is 9.10. The van der Waals surface area contributed by atoms with Crippen LogP contribution >= 0.6 is 27.5 Å². The Hall–Kier alpha value is -1.44. The smallest absolute Gasteiger partial charge is 0.132 e. The summed E-state index contributed by atoms with van der Waals surface area (Å²) < 4.78 is 2.61. The number of anilines is 1. The van der Waals surface area contributed by atoms with E-state index in [4.69, 9.17) is 23.8 Å². The third-order valence-corrected chi connectivity index (χ3v) is 3.85. The minimum absolute atomic E-state index is 0.416. The summed E-state index contributed by atoms with van der Waals surface area (Å²) in [4.78, 5) is 4.45. The molecule has 0 saturated heterocycles. The largest absolute Gasteiger partial charge is 0.383 e. The maximum Gasteiger partial charge on any atom is 0.132 e. The molecule has 1 aromatic heterocycles. The number of nitrogen functional groups attached to an aromatic ring is 1. The predicted octanol–water partition coefficient (Wildman–Crippen LogP) is 3.49. The number of aromatic nitrogens is 2. The maximum atomic E-state index is 6.07. The first-order valence-electron chi connectivity index (χ1n) is 5.26. The quantitative estimate of drug-likeness (QED) is 0.859. The molecular weight excluding hydrogens is 314 g/mol. The Balaban J connectivity index is 2.55. The summed E-state index contributed by atoms with van der Waals surface area (Å²) in [6.45, 7) is 2.29. The van der Waals surface area contributed by atoms with Gasteiger partial charge in [0.05, 0.1) is 11.6 Å². The van der Waals surface area contributed by atoms with Crippen LogP contribution in [-0.2, 0) is 6.54 Å². The van der Waals surface area contributed by atoms with Gasteiger partial charge < -0.3 is 10.3 Å². The Morgan fingerprint density at radius 1 is 1.56 bits per heavy atom. The zero-order valence-electron chi connectivity index (χ0n) is 9.74. The van der Waals surface area contributed by atoms with Crippen LogP contribution in [0, 0.1) is 19.3 Å². The standard InChI is InChI=1S/C13H11BrClN3/c1-3-6-18-8(2)17-12(13(18)16)9-4-5-11(15)10(14)7-9/h1,4-5,7H,6,16H2,2H3. The Morgan fingerprint density at radius 3 is 2.89 bits per heavy atom. The molecule has 18 heavy (non-hydrogen) atoms. The number of hydrogen-bond donors (Lipinski definition) is 1. The number of halogens is 2. The van der Waals surface area contributed by atoms with Gasteiger partial charge in [-0.1, -0.05) is 23.6 Å². The molecule has 2 aromatic rings. The summed E-state index contributed by atoms with van der Waals surface area (Å²) in [5, 5.41) is 0.650. The van der Waals surface area contributed by atoms with E-state index in [2.05, 4.69) is 26.8 Å². The van der Waals surface area contributed by atoms with Crippen LogP contribution in [0.3, 0.4) is 0 Å². The second-order valence-corrected chi connectivity index (χ2v) is 5.07. The van der Waals surface area contributed by atoms with Gasteiger partial charge in [0.1, 0.15) is 17.3 Å².